The number of hydrogen-bond acceptors (Lipinski definition) is 4. The number of rotatable bonds is 2. The second-order valence-electron chi connectivity index (χ2n) is 4.05. The molecule has 0 bridgehead atoms. The predicted octanol–water partition coefficient (Wildman–Crippen LogP) is 5.07. The van der Waals surface area contributed by atoms with Gasteiger partial charge >= 0.3 is 12.4 Å². The third-order valence-corrected chi connectivity index (χ3v) is 3.25. The van der Waals surface area contributed by atoms with Crippen LogP contribution in [0.5, 0.6) is 0 Å². The number of aromatic nitrogens is 3. The van der Waals surface area contributed by atoms with Crippen LogP contribution in [0.15, 0.2) is 22.8 Å². The van der Waals surface area contributed by atoms with Gasteiger partial charge in [0.1, 0.15) is 17.2 Å². The summed E-state index contributed by atoms with van der Waals surface area (Å²) in [6.07, 6.45) is -9.19. The molecule has 0 saturated carbocycles. The molecule has 0 fully saturated rings. The second-order valence-corrected chi connectivity index (χ2v) is 5.24. The fraction of sp³-hybridized carbons (Fsp3) is 0.182. The van der Waals surface area contributed by atoms with Gasteiger partial charge in [0, 0.05) is 10.7 Å². The van der Waals surface area contributed by atoms with E-state index < -0.39 is 40.5 Å². The molecule has 12 heteroatoms. The van der Waals surface area contributed by atoms with Crippen molar-refractivity contribution in [3.8, 4) is 0 Å². The van der Waals surface area contributed by atoms with Gasteiger partial charge in [-0.05, 0) is 39.7 Å². The maximum Gasteiger partial charge on any atom is 0.434 e. The molecular formula is C11H4BrClF6N4. The Morgan fingerprint density at radius 3 is 2.22 bits per heavy atom. The van der Waals surface area contributed by atoms with Crippen LogP contribution in [0, 0.1) is 0 Å². The van der Waals surface area contributed by atoms with E-state index in [4.69, 9.17) is 11.6 Å². The zero-order chi connectivity index (χ0) is 17.4. The molecule has 0 spiro atoms. The van der Waals surface area contributed by atoms with Gasteiger partial charge in [0.25, 0.3) is 0 Å². The summed E-state index contributed by atoms with van der Waals surface area (Å²) in [6, 6.07) is 2.05. The Bertz CT molecular complexity index is 733. The molecule has 2 rings (SSSR count). The summed E-state index contributed by atoms with van der Waals surface area (Å²) in [5, 5.41) is 1.57. The minimum Gasteiger partial charge on any atom is -0.324 e. The molecule has 0 aliphatic carbocycles. The van der Waals surface area contributed by atoms with Crippen molar-refractivity contribution < 1.29 is 26.3 Å². The molecule has 124 valence electrons. The molecule has 0 aliphatic rings. The van der Waals surface area contributed by atoms with Crippen molar-refractivity contribution in [1.29, 1.82) is 0 Å². The smallest absolute Gasteiger partial charge is 0.324 e. The van der Waals surface area contributed by atoms with Crippen LogP contribution in [-0.4, -0.2) is 15.0 Å². The van der Waals surface area contributed by atoms with Crippen LogP contribution < -0.4 is 5.32 Å². The highest BCUT2D eigenvalue weighted by Gasteiger charge is 2.37. The maximum absolute atomic E-state index is 12.8. The number of alkyl halides is 6. The van der Waals surface area contributed by atoms with Crippen molar-refractivity contribution >= 4 is 39.2 Å². The number of nitrogens with zero attached hydrogens (tertiary/aromatic N) is 3. The van der Waals surface area contributed by atoms with Gasteiger partial charge < -0.3 is 5.32 Å². The van der Waals surface area contributed by atoms with Gasteiger partial charge in [-0.1, -0.05) is 0 Å². The van der Waals surface area contributed by atoms with E-state index >= 15 is 0 Å². The van der Waals surface area contributed by atoms with E-state index in [2.05, 4.69) is 36.2 Å². The van der Waals surface area contributed by atoms with E-state index in [1.54, 1.807) is 0 Å². The zero-order valence-electron chi connectivity index (χ0n) is 10.6. The van der Waals surface area contributed by atoms with Gasteiger partial charge in [0.05, 0.1) is 0 Å². The summed E-state index contributed by atoms with van der Waals surface area (Å²) < 4.78 is 76.4. The summed E-state index contributed by atoms with van der Waals surface area (Å²) in [7, 11) is 0. The van der Waals surface area contributed by atoms with E-state index in [0.29, 0.717) is 6.20 Å². The lowest BCUT2D eigenvalue weighted by molar-refractivity contribution is -0.141. The van der Waals surface area contributed by atoms with Crippen LogP contribution >= 0.6 is 27.5 Å². The van der Waals surface area contributed by atoms with E-state index in [0.717, 1.165) is 12.1 Å². The highest BCUT2D eigenvalue weighted by molar-refractivity contribution is 9.10. The van der Waals surface area contributed by atoms with Gasteiger partial charge in [-0.2, -0.15) is 31.3 Å². The van der Waals surface area contributed by atoms with E-state index in [9.17, 15) is 26.3 Å². The minimum absolute atomic E-state index is 0.354. The topological polar surface area (TPSA) is 50.7 Å². The van der Waals surface area contributed by atoms with Crippen molar-refractivity contribution in [2.24, 2.45) is 0 Å². The summed E-state index contributed by atoms with van der Waals surface area (Å²) >= 11 is 8.10. The van der Waals surface area contributed by atoms with Gasteiger partial charge in [0.2, 0.25) is 5.28 Å². The molecule has 0 radical (unpaired) electrons. The Morgan fingerprint density at radius 1 is 1.00 bits per heavy atom. The zero-order valence-corrected chi connectivity index (χ0v) is 12.9. The molecule has 1 N–H and O–H groups in total. The molecule has 2 aromatic heterocycles. The Balaban J connectivity index is 2.46. The van der Waals surface area contributed by atoms with Gasteiger partial charge in [0.15, 0.2) is 5.69 Å². The molecule has 2 heterocycles. The molecule has 0 amide bonds. The normalized spacial score (nSPS) is 12.3. The first-order valence-corrected chi connectivity index (χ1v) is 6.76. The fourth-order valence-electron chi connectivity index (χ4n) is 1.49. The van der Waals surface area contributed by atoms with Crippen LogP contribution in [0.25, 0.3) is 0 Å². The summed E-state index contributed by atoms with van der Waals surface area (Å²) in [5.41, 5.74) is -2.59. The monoisotopic (exact) mass is 420 g/mol. The van der Waals surface area contributed by atoms with Crippen LogP contribution in [-0.2, 0) is 12.4 Å². The van der Waals surface area contributed by atoms with Crippen LogP contribution in [0.2, 0.25) is 5.28 Å². The average molecular weight is 422 g/mol. The molecule has 2 aromatic rings. The molecule has 0 aromatic carbocycles. The third-order valence-electron chi connectivity index (χ3n) is 2.43. The number of halogens is 8. The second kappa shape index (κ2) is 6.11. The van der Waals surface area contributed by atoms with E-state index in [1.807, 2.05) is 0 Å². The molecule has 4 nitrogen and oxygen atoms in total. The number of pyridine rings is 1. The number of hydrogen-bond donors (Lipinski definition) is 1. The Hall–Kier alpha value is -1.62. The van der Waals surface area contributed by atoms with Crippen molar-refractivity contribution in [2.45, 2.75) is 12.4 Å². The van der Waals surface area contributed by atoms with E-state index in [1.165, 1.54) is 0 Å². The summed E-state index contributed by atoms with van der Waals surface area (Å²) in [4.78, 5) is 9.78. The number of anilines is 2. The molecule has 0 saturated heterocycles. The summed E-state index contributed by atoms with van der Waals surface area (Å²) in [6.45, 7) is 0. The highest BCUT2D eigenvalue weighted by Crippen LogP contribution is 2.37. The first-order valence-electron chi connectivity index (χ1n) is 5.59. The fourth-order valence-corrected chi connectivity index (χ4v) is 2.07. The van der Waals surface area contributed by atoms with Crippen molar-refractivity contribution in [3.63, 3.8) is 0 Å². The van der Waals surface area contributed by atoms with Gasteiger partial charge in [-0.25, -0.2) is 9.97 Å². The Labute approximate surface area is 138 Å². The average Bonchev–Trinajstić information content (AvgIpc) is 2.38. The van der Waals surface area contributed by atoms with Crippen molar-refractivity contribution in [3.05, 3.63) is 39.3 Å². The van der Waals surface area contributed by atoms with Crippen LogP contribution in [0.1, 0.15) is 11.3 Å². The van der Waals surface area contributed by atoms with Gasteiger partial charge in [-0.15, -0.1) is 0 Å². The molecule has 23 heavy (non-hydrogen) atoms. The van der Waals surface area contributed by atoms with Crippen molar-refractivity contribution in [2.75, 3.05) is 5.32 Å². The Kier molecular flexibility index (Phi) is 4.71. The quantitative estimate of drug-likeness (QED) is 0.543. The lowest BCUT2D eigenvalue weighted by Gasteiger charge is -2.14. The van der Waals surface area contributed by atoms with Crippen LogP contribution in [0.4, 0.5) is 38.0 Å². The molecule has 0 unspecified atom stereocenters. The SMILES string of the molecule is FC(F)(F)c1cnc(Cl)nc1Nc1ccc(Br)c(C(F)(F)F)n1. The van der Waals surface area contributed by atoms with E-state index in [-0.39, 0.29) is 4.47 Å². The largest absolute Gasteiger partial charge is 0.434 e. The minimum atomic E-state index is -4.82. The lowest BCUT2D eigenvalue weighted by atomic mass is 10.3. The maximum atomic E-state index is 12.8. The predicted molar refractivity (Wildman–Crippen MR) is 72.3 cm³/mol. The third kappa shape index (κ3) is 4.22. The highest BCUT2D eigenvalue weighted by atomic mass is 79.9. The molecular weight excluding hydrogens is 417 g/mol. The number of nitrogens with one attached hydrogen (secondary N) is 1. The van der Waals surface area contributed by atoms with Crippen LogP contribution in [0.3, 0.4) is 0 Å². The molecule has 0 aliphatic heterocycles. The first kappa shape index (κ1) is 17.7. The van der Waals surface area contributed by atoms with Gasteiger partial charge in [-0.3, -0.25) is 0 Å². The Morgan fingerprint density at radius 2 is 1.65 bits per heavy atom. The standard InChI is InChI=1S/C11H4BrClF6N4/c12-5-1-2-6(21-7(5)11(17,18)19)22-8-4(10(14,15)16)3-20-9(13)23-8/h1-3H,(H,20,21,22,23). The first-order chi connectivity index (χ1) is 10.5. The summed E-state index contributed by atoms with van der Waals surface area (Å²) in [5.74, 6) is -1.29. The van der Waals surface area contributed by atoms with Crippen molar-refractivity contribution in [1.82, 2.24) is 15.0 Å². The lowest BCUT2D eigenvalue weighted by Crippen LogP contribution is -2.13. The molecule has 0 atom stereocenters.